The molecule has 1 N–H and O–H groups in total. The molecule has 5 heteroatoms. The van der Waals surface area contributed by atoms with Gasteiger partial charge in [0.1, 0.15) is 11.7 Å². The quantitative estimate of drug-likeness (QED) is 0.487. The summed E-state index contributed by atoms with van der Waals surface area (Å²) in [6.07, 6.45) is 3.66. The fourth-order valence-corrected chi connectivity index (χ4v) is 3.75. The van der Waals surface area contributed by atoms with Gasteiger partial charge in [0.05, 0.1) is 0 Å². The summed E-state index contributed by atoms with van der Waals surface area (Å²) in [5.74, 6) is 2.87. The number of hydrogen-bond acceptors (Lipinski definition) is 4. The Morgan fingerprint density at radius 3 is 1.94 bits per heavy atom. The van der Waals surface area contributed by atoms with Crippen molar-refractivity contribution < 1.29 is 0 Å². The van der Waals surface area contributed by atoms with E-state index in [9.17, 15) is 0 Å². The van der Waals surface area contributed by atoms with Gasteiger partial charge in [0, 0.05) is 23.5 Å². The van der Waals surface area contributed by atoms with Crippen LogP contribution in [0.15, 0.2) is 58.8 Å². The van der Waals surface area contributed by atoms with Crippen molar-refractivity contribution in [2.45, 2.75) is 66.2 Å². The number of nitrogens with one attached hydrogen (secondary N) is 1. The fraction of sp³-hybridized carbons (Fsp3) is 0.357. The molecule has 0 spiro atoms. The van der Waals surface area contributed by atoms with E-state index in [-0.39, 0.29) is 10.8 Å². The molecule has 0 bridgehead atoms. The van der Waals surface area contributed by atoms with Crippen molar-refractivity contribution in [3.05, 3.63) is 82.2 Å². The minimum atomic E-state index is 0.0267. The Bertz CT molecular complexity index is 1270. The number of aryl methyl sites for hydroxylation is 2. The molecular formula is C28H33N5. The molecule has 170 valence electrons. The van der Waals surface area contributed by atoms with Crippen LogP contribution in [0, 0.1) is 13.8 Å². The number of hydrogen-bond donors (Lipinski definition) is 1. The maximum absolute atomic E-state index is 4.89. The zero-order valence-electron chi connectivity index (χ0n) is 20.9. The molecule has 0 unspecified atom stereocenters. The topological polar surface area (TPSA) is 62.5 Å². The van der Waals surface area contributed by atoms with Crippen LogP contribution in [0.5, 0.6) is 0 Å². The highest BCUT2D eigenvalue weighted by molar-refractivity contribution is 6.26. The fourth-order valence-electron chi connectivity index (χ4n) is 3.75. The first-order valence-corrected chi connectivity index (χ1v) is 11.4. The van der Waals surface area contributed by atoms with Gasteiger partial charge < -0.3 is 5.32 Å². The second kappa shape index (κ2) is 8.22. The Kier molecular flexibility index (Phi) is 5.69. The van der Waals surface area contributed by atoms with E-state index in [0.29, 0.717) is 11.7 Å². The summed E-state index contributed by atoms with van der Waals surface area (Å²) in [6.45, 7) is 17.4. The molecule has 0 saturated heterocycles. The Morgan fingerprint density at radius 2 is 1.30 bits per heavy atom. The molecule has 1 aromatic carbocycles. The van der Waals surface area contributed by atoms with Crippen LogP contribution in [0.3, 0.4) is 0 Å². The number of nitrogens with zero attached hydrogens (tertiary/aromatic N) is 4. The van der Waals surface area contributed by atoms with E-state index in [2.05, 4.69) is 94.9 Å². The smallest absolute Gasteiger partial charge is 0.164 e. The molecule has 3 aromatic rings. The van der Waals surface area contributed by atoms with Gasteiger partial charge in [-0.15, -0.1) is 0 Å². The van der Waals surface area contributed by atoms with Crippen LogP contribution in [0.2, 0.25) is 0 Å². The Morgan fingerprint density at radius 1 is 0.727 bits per heavy atom. The van der Waals surface area contributed by atoms with Crippen molar-refractivity contribution in [1.82, 2.24) is 9.97 Å². The van der Waals surface area contributed by atoms with E-state index in [1.54, 1.807) is 0 Å². The molecule has 2 aromatic heterocycles. The van der Waals surface area contributed by atoms with Gasteiger partial charge >= 0.3 is 0 Å². The molecule has 0 amide bonds. The SMILES string of the molecule is Cc1cc2c(cc1C)C(Nc1cc(C(C)(C)C)ccn1)=NC2=Nc1cc(C(C)(C)C)ccn1. The highest BCUT2D eigenvalue weighted by atomic mass is 15.1. The first-order valence-electron chi connectivity index (χ1n) is 11.4. The molecule has 0 saturated carbocycles. The Labute approximate surface area is 197 Å². The minimum absolute atomic E-state index is 0.0267. The van der Waals surface area contributed by atoms with Crippen LogP contribution >= 0.6 is 0 Å². The number of pyridine rings is 2. The standard InChI is InChI=1S/C28H33N5/c1-17-13-21-22(14-18(17)2)26(32-24-16-20(10-12-30-24)28(6,7)8)33-25(21)31-23-15-19(9-11-29-23)27(3,4)5/h9-16H,1-8H3,(H,29,30,31,32,33). The molecule has 0 aliphatic carbocycles. The summed E-state index contributed by atoms with van der Waals surface area (Å²) >= 11 is 0. The third kappa shape index (κ3) is 4.87. The molecule has 1 aliphatic heterocycles. The van der Waals surface area contributed by atoms with Crippen molar-refractivity contribution in [3.63, 3.8) is 0 Å². The molecular weight excluding hydrogens is 406 g/mol. The van der Waals surface area contributed by atoms with Crippen molar-refractivity contribution in [1.29, 1.82) is 0 Å². The maximum atomic E-state index is 4.89. The zero-order chi connectivity index (χ0) is 24.0. The lowest BCUT2D eigenvalue weighted by atomic mass is 9.88. The normalized spacial score (nSPS) is 14.9. The lowest BCUT2D eigenvalue weighted by Crippen LogP contribution is -2.15. The van der Waals surface area contributed by atoms with E-state index >= 15 is 0 Å². The number of anilines is 1. The van der Waals surface area contributed by atoms with Gasteiger partial charge in [-0.3, -0.25) is 0 Å². The van der Waals surface area contributed by atoms with Crippen molar-refractivity contribution in [2.24, 2.45) is 9.98 Å². The molecule has 1 aliphatic rings. The molecule has 0 radical (unpaired) electrons. The number of aromatic nitrogens is 2. The highest BCUT2D eigenvalue weighted by Crippen LogP contribution is 2.29. The predicted molar refractivity (Wildman–Crippen MR) is 138 cm³/mol. The zero-order valence-corrected chi connectivity index (χ0v) is 20.9. The third-order valence-electron chi connectivity index (χ3n) is 6.05. The lowest BCUT2D eigenvalue weighted by molar-refractivity contribution is 0.589. The predicted octanol–water partition coefficient (Wildman–Crippen LogP) is 6.64. The third-order valence-corrected chi connectivity index (χ3v) is 6.05. The van der Waals surface area contributed by atoms with E-state index in [1.165, 1.54) is 22.3 Å². The summed E-state index contributed by atoms with van der Waals surface area (Å²) in [4.78, 5) is 18.8. The van der Waals surface area contributed by atoms with Gasteiger partial charge in [0.2, 0.25) is 0 Å². The largest absolute Gasteiger partial charge is 0.324 e. The number of fused-ring (bicyclic) bond motifs is 1. The molecule has 0 fully saturated rings. The van der Waals surface area contributed by atoms with Gasteiger partial charge in [-0.2, -0.15) is 0 Å². The Hall–Kier alpha value is -3.34. The van der Waals surface area contributed by atoms with Crippen LogP contribution in [0.1, 0.15) is 74.9 Å². The second-order valence-corrected chi connectivity index (χ2v) is 10.8. The molecule has 0 atom stereocenters. The maximum Gasteiger partial charge on any atom is 0.164 e. The van der Waals surface area contributed by atoms with Crippen LogP contribution in [0.4, 0.5) is 11.6 Å². The summed E-state index contributed by atoms with van der Waals surface area (Å²) in [6, 6.07) is 12.6. The lowest BCUT2D eigenvalue weighted by Gasteiger charge is -2.19. The average molecular weight is 440 g/mol. The number of rotatable bonds is 2. The van der Waals surface area contributed by atoms with Crippen molar-refractivity contribution >= 4 is 23.3 Å². The van der Waals surface area contributed by atoms with Crippen LogP contribution < -0.4 is 5.32 Å². The summed E-state index contributed by atoms with van der Waals surface area (Å²) in [5.41, 5.74) is 6.95. The van der Waals surface area contributed by atoms with Crippen LogP contribution in [-0.2, 0) is 10.8 Å². The number of amidine groups is 2. The van der Waals surface area contributed by atoms with Gasteiger partial charge in [0.25, 0.3) is 0 Å². The average Bonchev–Trinajstić information content (AvgIpc) is 3.03. The van der Waals surface area contributed by atoms with Crippen molar-refractivity contribution in [2.75, 3.05) is 5.32 Å². The van der Waals surface area contributed by atoms with E-state index in [4.69, 9.17) is 9.98 Å². The highest BCUT2D eigenvalue weighted by Gasteiger charge is 2.24. The summed E-state index contributed by atoms with van der Waals surface area (Å²) < 4.78 is 0. The molecule has 33 heavy (non-hydrogen) atoms. The number of aliphatic imine (C=N–C) groups is 2. The first kappa shape index (κ1) is 22.8. The summed E-state index contributed by atoms with van der Waals surface area (Å²) in [5, 5.41) is 3.45. The number of benzene rings is 1. The first-order chi connectivity index (χ1) is 15.4. The molecule has 4 rings (SSSR count). The van der Waals surface area contributed by atoms with Gasteiger partial charge in [-0.1, -0.05) is 41.5 Å². The van der Waals surface area contributed by atoms with Crippen LogP contribution in [0.25, 0.3) is 0 Å². The monoisotopic (exact) mass is 439 g/mol. The van der Waals surface area contributed by atoms with Crippen molar-refractivity contribution in [3.8, 4) is 0 Å². The van der Waals surface area contributed by atoms with E-state index < -0.39 is 0 Å². The van der Waals surface area contributed by atoms with E-state index in [1.807, 2.05) is 24.5 Å². The molecule has 3 heterocycles. The van der Waals surface area contributed by atoms with Crippen LogP contribution in [-0.4, -0.2) is 21.6 Å². The van der Waals surface area contributed by atoms with E-state index in [0.717, 1.165) is 22.8 Å². The second-order valence-electron chi connectivity index (χ2n) is 10.8. The Balaban J connectivity index is 1.77. The minimum Gasteiger partial charge on any atom is -0.324 e. The summed E-state index contributed by atoms with van der Waals surface area (Å²) in [7, 11) is 0. The van der Waals surface area contributed by atoms with Gasteiger partial charge in [-0.05, 0) is 83.3 Å². The molecule has 5 nitrogen and oxygen atoms in total. The van der Waals surface area contributed by atoms with Gasteiger partial charge in [0.15, 0.2) is 11.7 Å². The van der Waals surface area contributed by atoms with Gasteiger partial charge in [-0.25, -0.2) is 20.0 Å².